The van der Waals surface area contributed by atoms with Crippen molar-refractivity contribution >= 4 is 51.7 Å². The fourth-order valence-electron chi connectivity index (χ4n) is 3.50. The van der Waals surface area contributed by atoms with Gasteiger partial charge in [0.2, 0.25) is 10.3 Å². The number of hydrogen-bond donors (Lipinski definition) is 0. The molecule has 1 aromatic carbocycles. The van der Waals surface area contributed by atoms with E-state index in [-0.39, 0.29) is 46.6 Å². The van der Waals surface area contributed by atoms with Crippen molar-refractivity contribution in [1.29, 1.82) is 0 Å². The molecule has 0 saturated heterocycles. The minimum atomic E-state index is -0.677. The lowest BCUT2D eigenvalue weighted by Crippen LogP contribution is -2.28. The number of esters is 1. The number of thioether (sulfide) groups is 1. The molecule has 182 valence electrons. The van der Waals surface area contributed by atoms with Gasteiger partial charge >= 0.3 is 5.97 Å². The predicted molar refractivity (Wildman–Crippen MR) is 132 cm³/mol. The zero-order valence-electron chi connectivity index (χ0n) is 19.8. The Balaban J connectivity index is 1.95. The first-order chi connectivity index (χ1) is 15.4. The van der Waals surface area contributed by atoms with Gasteiger partial charge in [-0.25, -0.2) is 4.39 Å². The summed E-state index contributed by atoms with van der Waals surface area (Å²) >= 11 is 6.28. The van der Waals surface area contributed by atoms with Crippen LogP contribution in [0, 0.1) is 11.2 Å². The van der Waals surface area contributed by atoms with Crippen LogP contribution in [0.5, 0.6) is 0 Å². The van der Waals surface area contributed by atoms with Gasteiger partial charge < -0.3 is 14.4 Å². The summed E-state index contributed by atoms with van der Waals surface area (Å²) in [6.45, 7) is 9.41. The van der Waals surface area contributed by atoms with Crippen LogP contribution in [0.2, 0.25) is 0 Å². The number of rotatable bonds is 9. The van der Waals surface area contributed by atoms with Gasteiger partial charge in [0, 0.05) is 44.3 Å². The van der Waals surface area contributed by atoms with Gasteiger partial charge in [0.25, 0.3) is 0 Å². The van der Waals surface area contributed by atoms with E-state index in [1.807, 2.05) is 6.92 Å². The van der Waals surface area contributed by atoms with Crippen LogP contribution in [0.25, 0.3) is 0 Å². The number of carbonyl (C=O) groups is 3. The van der Waals surface area contributed by atoms with E-state index >= 15 is 0 Å². The number of halogens is 1. The maximum absolute atomic E-state index is 13.8. The van der Waals surface area contributed by atoms with E-state index < -0.39 is 10.9 Å². The average molecular weight is 498 g/mol. The van der Waals surface area contributed by atoms with Crippen LogP contribution >= 0.6 is 24.0 Å². The van der Waals surface area contributed by atoms with Gasteiger partial charge in [0.1, 0.15) is 11.6 Å². The number of benzene rings is 1. The maximum Gasteiger partial charge on any atom is 0.312 e. The normalized spacial score (nSPS) is 16.2. The Morgan fingerprint density at radius 1 is 1.27 bits per heavy atom. The van der Waals surface area contributed by atoms with Gasteiger partial charge in [-0.1, -0.05) is 0 Å². The molecule has 1 amide bonds. The summed E-state index contributed by atoms with van der Waals surface area (Å²) in [5.41, 5.74) is 0.169. The largest absolute Gasteiger partial charge is 0.479 e. The minimum absolute atomic E-state index is 0.00830. The van der Waals surface area contributed by atoms with Crippen LogP contribution < -0.4 is 4.90 Å². The molecule has 2 rings (SSSR count). The smallest absolute Gasteiger partial charge is 0.312 e. The number of carbonyl (C=O) groups excluding carboxylic acids is 3. The van der Waals surface area contributed by atoms with E-state index in [9.17, 15) is 18.8 Å². The zero-order valence-corrected chi connectivity index (χ0v) is 21.4. The van der Waals surface area contributed by atoms with Crippen molar-refractivity contribution in [2.45, 2.75) is 71.7 Å². The number of fused-ring (bicyclic) bond motifs is 1. The molecule has 9 heteroatoms. The molecular formula is C24H32FNO5S2. The number of ketones is 1. The van der Waals surface area contributed by atoms with Crippen LogP contribution in [0.3, 0.4) is 0 Å². The molecule has 0 saturated carbocycles. The summed E-state index contributed by atoms with van der Waals surface area (Å²) in [4.78, 5) is 38.5. The first kappa shape index (κ1) is 27.2. The van der Waals surface area contributed by atoms with Gasteiger partial charge in [-0.2, -0.15) is 0 Å². The molecule has 0 radical (unpaired) electrons. The van der Waals surface area contributed by atoms with Gasteiger partial charge in [-0.15, -0.1) is 0 Å². The van der Waals surface area contributed by atoms with Crippen molar-refractivity contribution in [2.75, 3.05) is 18.1 Å². The van der Waals surface area contributed by atoms with E-state index in [2.05, 4.69) is 0 Å². The summed E-state index contributed by atoms with van der Waals surface area (Å²) < 4.78 is 24.9. The van der Waals surface area contributed by atoms with Crippen molar-refractivity contribution in [3.63, 3.8) is 0 Å². The highest BCUT2D eigenvalue weighted by atomic mass is 32.2. The summed E-state index contributed by atoms with van der Waals surface area (Å²) in [5.74, 6) is -0.934. The van der Waals surface area contributed by atoms with Gasteiger partial charge in [0.05, 0.1) is 12.0 Å². The third kappa shape index (κ3) is 8.07. The Labute approximate surface area is 204 Å². The van der Waals surface area contributed by atoms with Crippen LogP contribution in [-0.4, -0.2) is 40.6 Å². The SMILES string of the molecule is CCOC(=S)SC(CCC(=O)CCC1CN(C(C)=O)c2ccc(F)cc21)OC(=O)C(C)(C)C. The third-order valence-electron chi connectivity index (χ3n) is 5.27. The Morgan fingerprint density at radius 3 is 2.58 bits per heavy atom. The number of ether oxygens (including phenoxy) is 2. The van der Waals surface area contributed by atoms with Crippen molar-refractivity contribution in [2.24, 2.45) is 5.41 Å². The van der Waals surface area contributed by atoms with Crippen LogP contribution in [-0.2, 0) is 23.9 Å². The van der Waals surface area contributed by atoms with Crippen molar-refractivity contribution in [3.05, 3.63) is 29.6 Å². The second-order valence-corrected chi connectivity index (χ2v) is 10.8. The molecule has 1 heterocycles. The Hall–Kier alpha value is -2.00. The predicted octanol–water partition coefficient (Wildman–Crippen LogP) is 5.38. The van der Waals surface area contributed by atoms with Crippen LogP contribution in [0.4, 0.5) is 10.1 Å². The monoisotopic (exact) mass is 497 g/mol. The second-order valence-electron chi connectivity index (χ2n) is 9.03. The van der Waals surface area contributed by atoms with Gasteiger partial charge in [0.15, 0.2) is 5.44 Å². The van der Waals surface area contributed by atoms with E-state index in [0.717, 1.165) is 17.3 Å². The van der Waals surface area contributed by atoms with Crippen LogP contribution in [0.15, 0.2) is 18.2 Å². The third-order valence-corrected chi connectivity index (χ3v) is 6.59. The first-order valence-corrected chi connectivity index (χ1v) is 12.3. The molecule has 0 fully saturated rings. The van der Waals surface area contributed by atoms with E-state index in [4.69, 9.17) is 21.7 Å². The highest BCUT2D eigenvalue weighted by Gasteiger charge is 2.32. The standard InChI is InChI=1S/C24H32FNO5S2/c1-6-30-23(32)33-21(31-22(29)24(3,4)5)12-10-18(28)9-7-16-14-26(15(2)27)20-11-8-17(25)13-19(16)20/h8,11,13,16,21H,6-7,9-10,12,14H2,1-5H3. The number of anilines is 1. The summed E-state index contributed by atoms with van der Waals surface area (Å²) in [5, 5.41) is 0. The first-order valence-electron chi connectivity index (χ1n) is 11.1. The van der Waals surface area contributed by atoms with E-state index in [1.54, 1.807) is 31.7 Å². The van der Waals surface area contributed by atoms with Crippen molar-refractivity contribution in [3.8, 4) is 0 Å². The molecule has 1 aliphatic heterocycles. The lowest BCUT2D eigenvalue weighted by Gasteiger charge is -2.23. The fraction of sp³-hybridized carbons (Fsp3) is 0.583. The number of amides is 1. The molecule has 2 unspecified atom stereocenters. The number of nitrogens with zero attached hydrogens (tertiary/aromatic N) is 1. The lowest BCUT2D eigenvalue weighted by atomic mass is 9.94. The molecule has 6 nitrogen and oxygen atoms in total. The molecular weight excluding hydrogens is 465 g/mol. The van der Waals surface area contributed by atoms with Gasteiger partial charge in [-0.05, 0) is 81.9 Å². The molecule has 0 spiro atoms. The summed E-state index contributed by atoms with van der Waals surface area (Å²) in [6, 6.07) is 4.40. The summed E-state index contributed by atoms with van der Waals surface area (Å²) in [7, 11) is 0. The molecule has 33 heavy (non-hydrogen) atoms. The number of Topliss-reactive ketones (excluding diaryl/α,β-unsaturated/α-hetero) is 1. The summed E-state index contributed by atoms with van der Waals surface area (Å²) in [6.07, 6.45) is 1.32. The molecule has 1 aromatic rings. The molecule has 0 aliphatic carbocycles. The quantitative estimate of drug-likeness (QED) is 0.258. The van der Waals surface area contributed by atoms with Crippen molar-refractivity contribution < 1.29 is 28.2 Å². The van der Waals surface area contributed by atoms with Gasteiger partial charge in [-0.3, -0.25) is 14.4 Å². The lowest BCUT2D eigenvalue weighted by molar-refractivity contribution is -0.155. The fourth-order valence-corrected chi connectivity index (χ4v) is 4.71. The topological polar surface area (TPSA) is 72.9 Å². The number of thiocarbonyl (C=S) groups is 1. The van der Waals surface area contributed by atoms with E-state index in [1.165, 1.54) is 19.1 Å². The Kier molecular flexibility index (Phi) is 9.84. The Bertz CT molecular complexity index is 899. The molecule has 0 N–H and O–H groups in total. The number of hydrogen-bond acceptors (Lipinski definition) is 7. The molecule has 1 aliphatic rings. The Morgan fingerprint density at radius 2 is 1.97 bits per heavy atom. The van der Waals surface area contributed by atoms with Crippen LogP contribution in [0.1, 0.15) is 71.8 Å². The molecule has 2 atom stereocenters. The second kappa shape index (κ2) is 11.9. The molecule has 0 bridgehead atoms. The zero-order chi connectivity index (χ0) is 24.8. The molecule has 0 aromatic heterocycles. The average Bonchev–Trinajstić information content (AvgIpc) is 3.07. The van der Waals surface area contributed by atoms with E-state index in [0.29, 0.717) is 31.7 Å². The minimum Gasteiger partial charge on any atom is -0.479 e. The highest BCUT2D eigenvalue weighted by Crippen LogP contribution is 2.39. The van der Waals surface area contributed by atoms with Crippen molar-refractivity contribution in [1.82, 2.24) is 0 Å². The maximum atomic E-state index is 13.8. The highest BCUT2D eigenvalue weighted by molar-refractivity contribution is 8.22.